The van der Waals surface area contributed by atoms with Crippen molar-refractivity contribution in [1.82, 2.24) is 10.3 Å². The molecule has 1 aromatic carbocycles. The number of benzene rings is 1. The van der Waals surface area contributed by atoms with E-state index in [0.717, 1.165) is 10.5 Å². The summed E-state index contributed by atoms with van der Waals surface area (Å²) < 4.78 is 14.3. The van der Waals surface area contributed by atoms with Crippen molar-refractivity contribution in [2.24, 2.45) is 0 Å². The van der Waals surface area contributed by atoms with E-state index < -0.39 is 23.3 Å². The Hall–Kier alpha value is -1.99. The fourth-order valence-corrected chi connectivity index (χ4v) is 1.96. The van der Waals surface area contributed by atoms with Crippen LogP contribution in [-0.4, -0.2) is 16.9 Å². The Morgan fingerprint density at radius 1 is 1.24 bits per heavy atom. The Morgan fingerprint density at radius 3 is 2.62 bits per heavy atom. The van der Waals surface area contributed by atoms with Gasteiger partial charge in [-0.15, -0.1) is 0 Å². The predicted molar refractivity (Wildman–Crippen MR) is 79.8 cm³/mol. The number of hydrogen-bond acceptors (Lipinski definition) is 3. The molecule has 0 aliphatic heterocycles. The number of urea groups is 1. The van der Waals surface area contributed by atoms with E-state index in [4.69, 9.17) is 11.6 Å². The van der Waals surface area contributed by atoms with E-state index in [9.17, 15) is 14.0 Å². The summed E-state index contributed by atoms with van der Waals surface area (Å²) in [6.45, 7) is 0. The molecule has 108 valence electrons. The van der Waals surface area contributed by atoms with Gasteiger partial charge in [0, 0.05) is 10.7 Å². The summed E-state index contributed by atoms with van der Waals surface area (Å²) in [5.41, 5.74) is -0.391. The number of imide groups is 1. The molecule has 8 heteroatoms. The molecule has 0 bridgehead atoms. The minimum absolute atomic E-state index is 0.0814. The van der Waals surface area contributed by atoms with E-state index in [-0.39, 0.29) is 10.8 Å². The lowest BCUT2D eigenvalue weighted by atomic mass is 10.2. The molecule has 0 aliphatic carbocycles. The van der Waals surface area contributed by atoms with E-state index >= 15 is 0 Å². The molecule has 0 aliphatic rings. The third-order valence-electron chi connectivity index (χ3n) is 2.39. The van der Waals surface area contributed by atoms with Gasteiger partial charge in [-0.25, -0.2) is 14.2 Å². The molecular formula is C13H8BrClFN3O2. The third-order valence-corrected chi connectivity index (χ3v) is 3.17. The molecule has 0 saturated carbocycles. The van der Waals surface area contributed by atoms with Crippen molar-refractivity contribution in [2.75, 3.05) is 5.32 Å². The van der Waals surface area contributed by atoms with Gasteiger partial charge in [0.15, 0.2) is 0 Å². The molecule has 21 heavy (non-hydrogen) atoms. The normalized spacial score (nSPS) is 10.0. The van der Waals surface area contributed by atoms with Crippen molar-refractivity contribution in [3.05, 3.63) is 57.4 Å². The van der Waals surface area contributed by atoms with Crippen LogP contribution in [-0.2, 0) is 0 Å². The minimum atomic E-state index is -0.937. The van der Waals surface area contributed by atoms with Crippen LogP contribution >= 0.6 is 27.5 Å². The zero-order valence-corrected chi connectivity index (χ0v) is 12.7. The van der Waals surface area contributed by atoms with Crippen molar-refractivity contribution in [3.8, 4) is 0 Å². The number of pyridine rings is 1. The molecule has 2 N–H and O–H groups in total. The molecule has 1 aromatic heterocycles. The fourth-order valence-electron chi connectivity index (χ4n) is 1.48. The Labute approximate surface area is 132 Å². The van der Waals surface area contributed by atoms with Gasteiger partial charge in [0.05, 0.1) is 10.6 Å². The van der Waals surface area contributed by atoms with Gasteiger partial charge in [0.25, 0.3) is 5.91 Å². The Bertz CT molecular complexity index is 674. The van der Waals surface area contributed by atoms with E-state index in [1.54, 1.807) is 6.07 Å². The third kappa shape index (κ3) is 3.99. The number of carbonyl (C=O) groups is 2. The summed E-state index contributed by atoms with van der Waals surface area (Å²) in [6.07, 6.45) is 1.48. The van der Waals surface area contributed by atoms with E-state index in [2.05, 4.69) is 26.2 Å². The first-order chi connectivity index (χ1) is 9.97. The number of nitrogens with zero attached hydrogens (tertiary/aromatic N) is 1. The molecular weight excluding hydrogens is 365 g/mol. The van der Waals surface area contributed by atoms with Gasteiger partial charge < -0.3 is 0 Å². The van der Waals surface area contributed by atoms with Crippen molar-refractivity contribution >= 4 is 45.3 Å². The van der Waals surface area contributed by atoms with Gasteiger partial charge in [-0.2, -0.15) is 0 Å². The van der Waals surface area contributed by atoms with Crippen LogP contribution in [0.5, 0.6) is 0 Å². The number of rotatable bonds is 2. The number of halogens is 3. The molecule has 2 aromatic rings. The highest BCUT2D eigenvalue weighted by Gasteiger charge is 2.18. The predicted octanol–water partition coefficient (Wildman–Crippen LogP) is 3.60. The van der Waals surface area contributed by atoms with E-state index in [1.165, 1.54) is 24.4 Å². The van der Waals surface area contributed by atoms with Crippen LogP contribution in [0.3, 0.4) is 0 Å². The number of hydrogen-bond donors (Lipinski definition) is 2. The maximum atomic E-state index is 13.5. The molecule has 1 heterocycles. The molecule has 0 radical (unpaired) electrons. The lowest BCUT2D eigenvalue weighted by Crippen LogP contribution is -2.35. The average molecular weight is 373 g/mol. The smallest absolute Gasteiger partial charge is 0.292 e. The summed E-state index contributed by atoms with van der Waals surface area (Å²) in [7, 11) is 0. The minimum Gasteiger partial charge on any atom is -0.292 e. The van der Waals surface area contributed by atoms with Crippen LogP contribution in [0, 0.1) is 5.82 Å². The lowest BCUT2D eigenvalue weighted by molar-refractivity contribution is 0.0963. The quantitative estimate of drug-likeness (QED) is 0.846. The van der Waals surface area contributed by atoms with Crippen LogP contribution in [0.1, 0.15) is 10.4 Å². The van der Waals surface area contributed by atoms with Crippen molar-refractivity contribution in [2.45, 2.75) is 0 Å². The molecule has 0 spiro atoms. The summed E-state index contributed by atoms with van der Waals surface area (Å²) >= 11 is 8.93. The lowest BCUT2D eigenvalue weighted by Gasteiger charge is -2.08. The first-order valence-corrected chi connectivity index (χ1v) is 6.82. The molecule has 2 rings (SSSR count). The Balaban J connectivity index is 2.06. The highest BCUT2D eigenvalue weighted by molar-refractivity contribution is 9.10. The fraction of sp³-hybridized carbons (Fsp3) is 0. The summed E-state index contributed by atoms with van der Waals surface area (Å²) in [5.74, 6) is -1.51. The number of anilines is 1. The molecule has 0 fully saturated rings. The largest absolute Gasteiger partial charge is 0.327 e. The summed E-state index contributed by atoms with van der Waals surface area (Å²) in [5, 5.41) is 4.23. The van der Waals surface area contributed by atoms with Crippen LogP contribution in [0.15, 0.2) is 41.0 Å². The molecule has 0 unspecified atom stereocenters. The van der Waals surface area contributed by atoms with E-state index in [0.29, 0.717) is 0 Å². The highest BCUT2D eigenvalue weighted by Crippen LogP contribution is 2.18. The zero-order chi connectivity index (χ0) is 15.4. The SMILES string of the molecule is O=C(NC(=O)c1c(F)cccc1Cl)Nc1ccc(Br)cn1. The number of aromatic nitrogens is 1. The molecule has 5 nitrogen and oxygen atoms in total. The number of nitrogens with one attached hydrogen (secondary N) is 2. The first-order valence-electron chi connectivity index (χ1n) is 5.65. The van der Waals surface area contributed by atoms with Crippen LogP contribution in [0.25, 0.3) is 0 Å². The van der Waals surface area contributed by atoms with Crippen molar-refractivity contribution in [3.63, 3.8) is 0 Å². The van der Waals surface area contributed by atoms with Gasteiger partial charge in [-0.3, -0.25) is 15.4 Å². The van der Waals surface area contributed by atoms with Crippen molar-refractivity contribution in [1.29, 1.82) is 0 Å². The average Bonchev–Trinajstić information content (AvgIpc) is 2.41. The van der Waals surface area contributed by atoms with E-state index in [1.807, 2.05) is 5.32 Å². The van der Waals surface area contributed by atoms with Gasteiger partial charge in [-0.1, -0.05) is 17.7 Å². The maximum Gasteiger partial charge on any atom is 0.327 e. The highest BCUT2D eigenvalue weighted by atomic mass is 79.9. The Morgan fingerprint density at radius 2 is 2.00 bits per heavy atom. The van der Waals surface area contributed by atoms with Gasteiger partial charge in [0.2, 0.25) is 0 Å². The maximum absolute atomic E-state index is 13.5. The molecule has 0 saturated heterocycles. The number of amides is 3. The topological polar surface area (TPSA) is 71.1 Å². The number of carbonyl (C=O) groups excluding carboxylic acids is 2. The van der Waals surface area contributed by atoms with Gasteiger partial charge in [0.1, 0.15) is 11.6 Å². The summed E-state index contributed by atoms with van der Waals surface area (Å²) in [6, 6.07) is 6.15. The molecule has 0 atom stereocenters. The zero-order valence-electron chi connectivity index (χ0n) is 10.4. The van der Waals surface area contributed by atoms with Crippen LogP contribution in [0.4, 0.5) is 15.0 Å². The second-order valence-electron chi connectivity index (χ2n) is 3.87. The summed E-state index contributed by atoms with van der Waals surface area (Å²) in [4.78, 5) is 27.4. The Kier molecular flexibility index (Phi) is 4.87. The van der Waals surface area contributed by atoms with Crippen LogP contribution < -0.4 is 10.6 Å². The first kappa shape index (κ1) is 15.4. The standard InChI is InChI=1S/C13H8BrClFN3O2/c14-7-4-5-10(17-6-7)18-13(21)19-12(20)11-8(15)2-1-3-9(11)16/h1-6H,(H2,17,18,19,20,21). The van der Waals surface area contributed by atoms with Gasteiger partial charge in [-0.05, 0) is 40.2 Å². The second kappa shape index (κ2) is 6.64. The van der Waals surface area contributed by atoms with Gasteiger partial charge >= 0.3 is 6.03 Å². The monoisotopic (exact) mass is 371 g/mol. The van der Waals surface area contributed by atoms with Crippen LogP contribution in [0.2, 0.25) is 5.02 Å². The second-order valence-corrected chi connectivity index (χ2v) is 5.19. The molecule has 3 amide bonds. The van der Waals surface area contributed by atoms with Crippen molar-refractivity contribution < 1.29 is 14.0 Å².